The van der Waals surface area contributed by atoms with Crippen LogP contribution in [0.2, 0.25) is 0 Å². The zero-order valence-electron chi connectivity index (χ0n) is 10.1. The third-order valence-electron chi connectivity index (χ3n) is 2.09. The topological polar surface area (TPSA) is 68.7 Å². The van der Waals surface area contributed by atoms with E-state index in [-0.39, 0.29) is 5.69 Å². The van der Waals surface area contributed by atoms with E-state index in [1.807, 2.05) is 6.92 Å². The van der Waals surface area contributed by atoms with Gasteiger partial charge in [0.1, 0.15) is 0 Å². The lowest BCUT2D eigenvalue weighted by Crippen LogP contribution is -2.09. The van der Waals surface area contributed by atoms with Crippen molar-refractivity contribution in [1.29, 1.82) is 0 Å². The predicted octanol–water partition coefficient (Wildman–Crippen LogP) is 1.89. The smallest absolute Gasteiger partial charge is 0.358 e. The molecule has 17 heavy (non-hydrogen) atoms. The highest BCUT2D eigenvalue weighted by atomic mass is 16.5. The van der Waals surface area contributed by atoms with Crippen LogP contribution in [0.1, 0.15) is 29.5 Å². The third-order valence-corrected chi connectivity index (χ3v) is 2.09. The van der Waals surface area contributed by atoms with Crippen LogP contribution >= 0.6 is 0 Å². The molecule has 1 N–H and O–H groups in total. The number of ether oxygens (including phenoxy) is 2. The molecular weight excluding hydrogens is 222 g/mol. The number of pyridine rings is 1. The van der Waals surface area contributed by atoms with E-state index in [0.29, 0.717) is 31.3 Å². The molecule has 0 fully saturated rings. The molecule has 1 rings (SSSR count). The maximum atomic E-state index is 10.9. The zero-order valence-corrected chi connectivity index (χ0v) is 10.1. The summed E-state index contributed by atoms with van der Waals surface area (Å²) < 4.78 is 10.5. The summed E-state index contributed by atoms with van der Waals surface area (Å²) in [6.45, 7) is 5.37. The Morgan fingerprint density at radius 3 is 2.82 bits per heavy atom. The van der Waals surface area contributed by atoms with Gasteiger partial charge in [0.25, 0.3) is 0 Å². The first-order valence-electron chi connectivity index (χ1n) is 5.56. The highest BCUT2D eigenvalue weighted by molar-refractivity contribution is 5.88. The summed E-state index contributed by atoms with van der Waals surface area (Å²) in [5.74, 6) is -0.770. The van der Waals surface area contributed by atoms with Crippen LogP contribution in [0.5, 0.6) is 5.75 Å². The van der Waals surface area contributed by atoms with Gasteiger partial charge >= 0.3 is 5.97 Å². The van der Waals surface area contributed by atoms with E-state index < -0.39 is 5.97 Å². The fourth-order valence-electron chi connectivity index (χ4n) is 1.30. The van der Waals surface area contributed by atoms with E-state index >= 15 is 0 Å². The van der Waals surface area contributed by atoms with Gasteiger partial charge in [-0.05, 0) is 26.0 Å². The number of carboxylic acids is 1. The summed E-state index contributed by atoms with van der Waals surface area (Å²) in [6, 6.07) is 3.36. The lowest BCUT2D eigenvalue weighted by Gasteiger charge is -2.08. The molecule has 0 aliphatic heterocycles. The van der Waals surface area contributed by atoms with Gasteiger partial charge in [-0.15, -0.1) is 0 Å². The maximum Gasteiger partial charge on any atom is 0.358 e. The van der Waals surface area contributed by atoms with Crippen LogP contribution in [0, 0.1) is 6.92 Å². The van der Waals surface area contributed by atoms with Crippen molar-refractivity contribution in [2.45, 2.75) is 20.3 Å². The van der Waals surface area contributed by atoms with Crippen molar-refractivity contribution in [3.8, 4) is 5.75 Å². The zero-order chi connectivity index (χ0) is 12.7. The minimum atomic E-state index is -1.08. The first-order chi connectivity index (χ1) is 8.15. The van der Waals surface area contributed by atoms with Crippen LogP contribution in [0.4, 0.5) is 0 Å². The molecule has 1 aromatic heterocycles. The maximum absolute atomic E-state index is 10.9. The summed E-state index contributed by atoms with van der Waals surface area (Å²) in [5.41, 5.74) is 0.616. The minimum absolute atomic E-state index is 0.0404. The monoisotopic (exact) mass is 239 g/mol. The van der Waals surface area contributed by atoms with E-state index in [4.69, 9.17) is 14.6 Å². The molecule has 0 spiro atoms. The van der Waals surface area contributed by atoms with Crippen molar-refractivity contribution in [2.24, 2.45) is 0 Å². The lowest BCUT2D eigenvalue weighted by atomic mass is 10.3. The van der Waals surface area contributed by atoms with Gasteiger partial charge in [-0.1, -0.05) is 0 Å². The van der Waals surface area contributed by atoms with E-state index in [1.54, 1.807) is 19.1 Å². The Bertz CT molecular complexity index is 379. The molecule has 0 aliphatic rings. The van der Waals surface area contributed by atoms with Gasteiger partial charge in [0.05, 0.1) is 6.61 Å². The number of aromatic nitrogens is 1. The van der Waals surface area contributed by atoms with Gasteiger partial charge < -0.3 is 14.6 Å². The first kappa shape index (κ1) is 13.4. The second-order valence-corrected chi connectivity index (χ2v) is 3.50. The van der Waals surface area contributed by atoms with Gasteiger partial charge in [0.15, 0.2) is 11.4 Å². The second-order valence-electron chi connectivity index (χ2n) is 3.50. The fraction of sp³-hybridized carbons (Fsp3) is 0.500. The van der Waals surface area contributed by atoms with Crippen molar-refractivity contribution in [3.05, 3.63) is 23.5 Å². The van der Waals surface area contributed by atoms with Crippen molar-refractivity contribution < 1.29 is 19.4 Å². The first-order valence-corrected chi connectivity index (χ1v) is 5.56. The number of aryl methyl sites for hydroxylation is 1. The summed E-state index contributed by atoms with van der Waals surface area (Å²) in [7, 11) is 0. The van der Waals surface area contributed by atoms with Gasteiger partial charge in [-0.25, -0.2) is 9.78 Å². The molecule has 1 aromatic rings. The molecule has 1 heterocycles. The van der Waals surface area contributed by atoms with E-state index in [1.165, 1.54) is 0 Å². The van der Waals surface area contributed by atoms with Gasteiger partial charge in [0.2, 0.25) is 0 Å². The van der Waals surface area contributed by atoms with Crippen molar-refractivity contribution in [2.75, 3.05) is 19.8 Å². The fourth-order valence-corrected chi connectivity index (χ4v) is 1.30. The Hall–Kier alpha value is -1.62. The minimum Gasteiger partial charge on any atom is -0.491 e. The summed E-state index contributed by atoms with van der Waals surface area (Å²) in [4.78, 5) is 14.9. The molecule has 0 atom stereocenters. The molecule has 0 bridgehead atoms. The highest BCUT2D eigenvalue weighted by Crippen LogP contribution is 2.17. The molecule has 0 amide bonds. The number of hydrogen-bond acceptors (Lipinski definition) is 4. The number of aromatic carboxylic acids is 1. The largest absolute Gasteiger partial charge is 0.491 e. The molecule has 94 valence electrons. The van der Waals surface area contributed by atoms with E-state index in [2.05, 4.69) is 4.98 Å². The average Bonchev–Trinajstić information content (AvgIpc) is 2.30. The Morgan fingerprint density at radius 2 is 2.18 bits per heavy atom. The van der Waals surface area contributed by atoms with Crippen molar-refractivity contribution in [3.63, 3.8) is 0 Å². The van der Waals surface area contributed by atoms with Crippen LogP contribution < -0.4 is 4.74 Å². The van der Waals surface area contributed by atoms with Gasteiger partial charge in [-0.3, -0.25) is 0 Å². The summed E-state index contributed by atoms with van der Waals surface area (Å²) in [5, 5.41) is 8.96. The standard InChI is InChI=1S/C12H17NO4/c1-3-16-7-4-8-17-10-6-5-9(2)13-11(10)12(14)15/h5-6H,3-4,7-8H2,1-2H3,(H,14,15). The Morgan fingerprint density at radius 1 is 1.41 bits per heavy atom. The summed E-state index contributed by atoms with van der Waals surface area (Å²) in [6.07, 6.45) is 0.723. The molecule has 0 unspecified atom stereocenters. The van der Waals surface area contributed by atoms with Crippen LogP contribution in [0.15, 0.2) is 12.1 Å². The molecule has 0 saturated heterocycles. The normalized spacial score (nSPS) is 10.2. The molecule has 0 aromatic carbocycles. The SMILES string of the molecule is CCOCCCOc1ccc(C)nc1C(=O)O. The van der Waals surface area contributed by atoms with Gasteiger partial charge in [0, 0.05) is 25.3 Å². The predicted molar refractivity (Wildman–Crippen MR) is 62.5 cm³/mol. The lowest BCUT2D eigenvalue weighted by molar-refractivity contribution is 0.0684. The number of carboxylic acid groups (broad SMARTS) is 1. The van der Waals surface area contributed by atoms with Crippen molar-refractivity contribution in [1.82, 2.24) is 4.98 Å². The van der Waals surface area contributed by atoms with Crippen LogP contribution in [-0.2, 0) is 4.74 Å². The van der Waals surface area contributed by atoms with Crippen LogP contribution in [-0.4, -0.2) is 35.9 Å². The molecular formula is C12H17NO4. The number of nitrogens with zero attached hydrogens (tertiary/aromatic N) is 1. The number of hydrogen-bond donors (Lipinski definition) is 1. The van der Waals surface area contributed by atoms with Crippen molar-refractivity contribution >= 4 is 5.97 Å². The molecule has 5 heteroatoms. The molecule has 0 aliphatic carbocycles. The highest BCUT2D eigenvalue weighted by Gasteiger charge is 2.13. The number of rotatable bonds is 7. The van der Waals surface area contributed by atoms with E-state index in [0.717, 1.165) is 6.42 Å². The third kappa shape index (κ3) is 4.40. The Labute approximate surface area is 100 Å². The number of carbonyl (C=O) groups is 1. The van der Waals surface area contributed by atoms with Crippen LogP contribution in [0.3, 0.4) is 0 Å². The summed E-state index contributed by atoms with van der Waals surface area (Å²) >= 11 is 0. The second kappa shape index (κ2) is 6.85. The molecule has 0 saturated carbocycles. The average molecular weight is 239 g/mol. The van der Waals surface area contributed by atoms with Crippen LogP contribution in [0.25, 0.3) is 0 Å². The Balaban J connectivity index is 2.55. The van der Waals surface area contributed by atoms with E-state index in [9.17, 15) is 4.79 Å². The molecule has 5 nitrogen and oxygen atoms in total. The quantitative estimate of drug-likeness (QED) is 0.736. The Kier molecular flexibility index (Phi) is 5.42. The molecule has 0 radical (unpaired) electrons. The van der Waals surface area contributed by atoms with Gasteiger partial charge in [-0.2, -0.15) is 0 Å².